The third kappa shape index (κ3) is 4.16. The van der Waals surface area contributed by atoms with Crippen LogP contribution >= 0.6 is 0 Å². The minimum absolute atomic E-state index is 0.0671. The van der Waals surface area contributed by atoms with Crippen LogP contribution in [0.5, 0.6) is 11.8 Å². The van der Waals surface area contributed by atoms with E-state index in [0.717, 1.165) is 19.4 Å². The molecule has 2 bridgehead atoms. The molecule has 2 aromatic heterocycles. The number of hydrogen-bond acceptors (Lipinski definition) is 8. The lowest BCUT2D eigenvalue weighted by Crippen LogP contribution is -2.56. The highest BCUT2D eigenvalue weighted by Gasteiger charge is 2.78. The van der Waals surface area contributed by atoms with Gasteiger partial charge < -0.3 is 20.1 Å². The van der Waals surface area contributed by atoms with Crippen LogP contribution in [0.2, 0.25) is 0 Å². The van der Waals surface area contributed by atoms with E-state index >= 15 is 4.39 Å². The van der Waals surface area contributed by atoms with E-state index in [1.54, 1.807) is 0 Å². The predicted molar refractivity (Wildman–Crippen MR) is 163 cm³/mol. The maximum atomic E-state index is 16.8. The summed E-state index contributed by atoms with van der Waals surface area (Å²) in [4.78, 5) is 17.5. The van der Waals surface area contributed by atoms with Gasteiger partial charge in [0.05, 0.1) is 28.3 Å². The van der Waals surface area contributed by atoms with Crippen molar-refractivity contribution in [1.82, 2.24) is 25.2 Å². The Balaban J connectivity index is 1.18. The van der Waals surface area contributed by atoms with E-state index in [4.69, 9.17) is 11.2 Å². The summed E-state index contributed by atoms with van der Waals surface area (Å²) in [6, 6.07) is 4.20. The zero-order chi connectivity index (χ0) is 32.4. The molecular weight excluding hydrogens is 619 g/mol. The van der Waals surface area contributed by atoms with Crippen LogP contribution in [-0.4, -0.2) is 87.5 Å². The van der Waals surface area contributed by atoms with Crippen LogP contribution in [0.1, 0.15) is 24.8 Å². The maximum Gasteiger partial charge on any atom is 0.319 e. The van der Waals surface area contributed by atoms with Gasteiger partial charge in [0, 0.05) is 55.3 Å². The van der Waals surface area contributed by atoms with Gasteiger partial charge in [0.2, 0.25) is 0 Å². The van der Waals surface area contributed by atoms with Crippen molar-refractivity contribution in [3.8, 4) is 35.4 Å². The van der Waals surface area contributed by atoms with Crippen LogP contribution in [0, 0.1) is 35.8 Å². The van der Waals surface area contributed by atoms with E-state index in [1.165, 1.54) is 30.5 Å². The number of halogens is 5. The van der Waals surface area contributed by atoms with Crippen molar-refractivity contribution in [2.24, 2.45) is 11.8 Å². The topological polar surface area (TPSA) is 86.6 Å². The van der Waals surface area contributed by atoms with E-state index in [0.29, 0.717) is 18.4 Å². The molecule has 0 spiro atoms. The standard InChI is InChI=1S/C34H29F5N6O2/c1-2-19-22(36)5-4-16-8-18(46)9-20(25(16)19)29-28(37)30-21(11-40-29)31(44-13-23-26-27(34(26,38)39)24(14-44)41-23)43-32(42-30)47-15-33-6-3-7-45(33)12-17(35)10-33/h1,4-5,8-9,11,17,23-24,26-27,41,46H,3,6-7,10,12-15H2/t17-,23-,24+,26-,27+,33+/m1/s1. The van der Waals surface area contributed by atoms with Gasteiger partial charge in [0.15, 0.2) is 5.82 Å². The first-order valence-corrected chi connectivity index (χ1v) is 15.8. The fourth-order valence-electron chi connectivity index (χ4n) is 8.86. The Bertz CT molecular complexity index is 2020. The van der Waals surface area contributed by atoms with Crippen LogP contribution < -0.4 is 15.0 Å². The highest BCUT2D eigenvalue weighted by atomic mass is 19.3. The highest BCUT2D eigenvalue weighted by molar-refractivity contribution is 6.03. The molecular formula is C34H29F5N6O2. The van der Waals surface area contributed by atoms with Crippen LogP contribution in [0.3, 0.4) is 0 Å². The molecule has 0 radical (unpaired) electrons. The van der Waals surface area contributed by atoms with E-state index in [1.807, 2.05) is 4.90 Å². The Morgan fingerprint density at radius 3 is 2.66 bits per heavy atom. The number of piperidine rings is 1. The second-order valence-electron chi connectivity index (χ2n) is 13.5. The smallest absolute Gasteiger partial charge is 0.319 e. The number of anilines is 1. The normalized spacial score (nSPS) is 30.5. The second kappa shape index (κ2) is 9.87. The number of aromatic hydroxyl groups is 1. The molecule has 5 fully saturated rings. The number of phenolic OH excluding ortho intramolecular Hbond substituents is 1. The van der Waals surface area contributed by atoms with Gasteiger partial charge in [-0.3, -0.25) is 9.88 Å². The van der Waals surface area contributed by atoms with Gasteiger partial charge in [-0.1, -0.05) is 12.0 Å². The molecule has 4 aromatic rings. The second-order valence-corrected chi connectivity index (χ2v) is 13.5. The first-order valence-electron chi connectivity index (χ1n) is 15.8. The molecule has 6 atom stereocenters. The highest BCUT2D eigenvalue weighted by Crippen LogP contribution is 2.63. The molecule has 0 unspecified atom stereocenters. The number of hydrogen-bond donors (Lipinski definition) is 2. The number of alkyl halides is 3. The number of nitrogens with zero attached hydrogens (tertiary/aromatic N) is 5. The summed E-state index contributed by atoms with van der Waals surface area (Å²) in [5.74, 6) is -3.40. The third-order valence-electron chi connectivity index (χ3n) is 10.9. The number of benzene rings is 2. The van der Waals surface area contributed by atoms with E-state index in [-0.39, 0.29) is 70.4 Å². The third-order valence-corrected chi connectivity index (χ3v) is 10.9. The Hall–Kier alpha value is -4.28. The number of aromatic nitrogens is 3. The van der Waals surface area contributed by atoms with Crippen molar-refractivity contribution in [3.63, 3.8) is 0 Å². The van der Waals surface area contributed by atoms with Gasteiger partial charge >= 0.3 is 6.01 Å². The van der Waals surface area contributed by atoms with E-state index in [9.17, 15) is 22.7 Å². The Kier molecular flexibility index (Phi) is 6.07. The maximum absolute atomic E-state index is 16.8. The summed E-state index contributed by atoms with van der Waals surface area (Å²) in [7, 11) is 0. The Morgan fingerprint density at radius 1 is 1.11 bits per heavy atom. The number of phenols is 1. The van der Waals surface area contributed by atoms with Crippen LogP contribution in [0.4, 0.5) is 27.8 Å². The SMILES string of the molecule is C#Cc1c(F)ccc2cc(O)cc(-c3ncc4c(N5C[C@@H]6N[C@H](C5)[C@@H]5[C@H]6C5(F)F)nc(OC[C@@]56CCCN5C[C@H](F)C6)nc4c3F)c12. The Morgan fingerprint density at radius 2 is 1.89 bits per heavy atom. The van der Waals surface area contributed by atoms with Gasteiger partial charge in [-0.25, -0.2) is 22.0 Å². The minimum atomic E-state index is -2.71. The summed E-state index contributed by atoms with van der Waals surface area (Å²) >= 11 is 0. The molecule has 4 aliphatic heterocycles. The molecule has 13 heteroatoms. The molecule has 9 rings (SSSR count). The van der Waals surface area contributed by atoms with Crippen molar-refractivity contribution in [3.05, 3.63) is 47.7 Å². The average molecular weight is 649 g/mol. The number of ether oxygens (including phenoxy) is 1. The summed E-state index contributed by atoms with van der Waals surface area (Å²) in [6.45, 7) is 1.61. The predicted octanol–water partition coefficient (Wildman–Crippen LogP) is 4.81. The van der Waals surface area contributed by atoms with Crippen LogP contribution in [0.25, 0.3) is 32.9 Å². The molecule has 1 aliphatic carbocycles. The zero-order valence-corrected chi connectivity index (χ0v) is 25.0. The molecule has 47 heavy (non-hydrogen) atoms. The number of pyridine rings is 1. The number of rotatable bonds is 5. The van der Waals surface area contributed by atoms with Gasteiger partial charge in [-0.15, -0.1) is 6.42 Å². The van der Waals surface area contributed by atoms with Crippen molar-refractivity contribution >= 4 is 27.5 Å². The molecule has 242 valence electrons. The molecule has 8 nitrogen and oxygen atoms in total. The lowest BCUT2D eigenvalue weighted by molar-refractivity contribution is 0.0540. The van der Waals surface area contributed by atoms with Crippen molar-refractivity contribution in [1.29, 1.82) is 0 Å². The Labute approximate surface area is 265 Å². The number of nitrogens with one attached hydrogen (secondary N) is 1. The van der Waals surface area contributed by atoms with Crippen molar-refractivity contribution in [2.75, 3.05) is 37.7 Å². The minimum Gasteiger partial charge on any atom is -0.508 e. The summed E-state index contributed by atoms with van der Waals surface area (Å²) < 4.78 is 81.1. The largest absolute Gasteiger partial charge is 0.508 e. The van der Waals surface area contributed by atoms with Gasteiger partial charge in [-0.05, 0) is 43.0 Å². The van der Waals surface area contributed by atoms with Crippen molar-refractivity contribution in [2.45, 2.75) is 49.0 Å². The first-order chi connectivity index (χ1) is 22.6. The summed E-state index contributed by atoms with van der Waals surface area (Å²) in [5.41, 5.74) is -0.939. The van der Waals surface area contributed by atoms with Gasteiger partial charge in [-0.2, -0.15) is 9.97 Å². The first kappa shape index (κ1) is 28.9. The van der Waals surface area contributed by atoms with Crippen LogP contribution in [-0.2, 0) is 0 Å². The quantitative estimate of drug-likeness (QED) is 0.236. The van der Waals surface area contributed by atoms with Crippen molar-refractivity contribution < 1.29 is 31.8 Å². The molecule has 6 heterocycles. The lowest BCUT2D eigenvalue weighted by atomic mass is 9.95. The van der Waals surface area contributed by atoms with Gasteiger partial charge in [0.1, 0.15) is 41.4 Å². The average Bonchev–Trinajstić information content (AvgIpc) is 3.28. The number of terminal acetylenes is 1. The summed E-state index contributed by atoms with van der Waals surface area (Å²) in [5, 5.41) is 14.6. The van der Waals surface area contributed by atoms with E-state index < -0.39 is 53.2 Å². The molecule has 1 saturated carbocycles. The molecule has 4 saturated heterocycles. The monoisotopic (exact) mass is 648 g/mol. The molecule has 2 aromatic carbocycles. The fraction of sp³-hybridized carbons (Fsp3) is 0.441. The summed E-state index contributed by atoms with van der Waals surface area (Å²) in [6.07, 6.45) is 8.02. The number of fused-ring (bicyclic) bond motifs is 8. The van der Waals surface area contributed by atoms with Crippen LogP contribution in [0.15, 0.2) is 30.5 Å². The van der Waals surface area contributed by atoms with E-state index in [2.05, 4.69) is 31.1 Å². The molecule has 2 N–H and O–H groups in total. The molecule has 0 amide bonds. The molecule has 5 aliphatic rings. The number of piperazine rings is 1. The zero-order valence-electron chi connectivity index (χ0n) is 25.0. The lowest BCUT2D eigenvalue weighted by Gasteiger charge is -2.37. The fourth-order valence-corrected chi connectivity index (χ4v) is 8.86. The van der Waals surface area contributed by atoms with Gasteiger partial charge in [0.25, 0.3) is 5.92 Å².